The third-order valence-electron chi connectivity index (χ3n) is 6.87. The minimum absolute atomic E-state index is 0. The molecule has 0 aliphatic rings. The van der Waals surface area contributed by atoms with Gasteiger partial charge in [-0.25, -0.2) is 0 Å². The van der Waals surface area contributed by atoms with Gasteiger partial charge in [0.05, 0.1) is 5.58 Å². The molecule has 0 N–H and O–H groups in total. The SMILES string of the molecule is Cc1ccc(-c2[c-]cccc2)nc1.Cc1ccnc(-c2[c-]cc([Si](C)(C)C)c3c2oc2ccccc23)c1C.[Ir]. The van der Waals surface area contributed by atoms with Crippen molar-refractivity contribution in [2.24, 2.45) is 0 Å². The van der Waals surface area contributed by atoms with Gasteiger partial charge >= 0.3 is 0 Å². The molecule has 0 fully saturated rings. The van der Waals surface area contributed by atoms with Crippen LogP contribution in [0.25, 0.3) is 44.5 Å². The quantitative estimate of drug-likeness (QED) is 0.137. The number of hydrogen-bond donors (Lipinski definition) is 0. The molecule has 0 unspecified atom stereocenters. The molecule has 0 bridgehead atoms. The van der Waals surface area contributed by atoms with E-state index in [9.17, 15) is 0 Å². The Morgan fingerprint density at radius 1 is 0.821 bits per heavy atom. The van der Waals surface area contributed by atoms with Crippen LogP contribution in [0.5, 0.6) is 0 Å². The molecule has 5 heteroatoms. The number of aryl methyl sites for hydroxylation is 2. The molecule has 6 aromatic rings. The average molecular weight is 705 g/mol. The molecule has 6 rings (SSSR count). The van der Waals surface area contributed by atoms with Gasteiger partial charge in [0.25, 0.3) is 0 Å². The van der Waals surface area contributed by atoms with Crippen molar-refractivity contribution in [3.63, 3.8) is 0 Å². The van der Waals surface area contributed by atoms with E-state index < -0.39 is 8.07 Å². The van der Waals surface area contributed by atoms with Crippen LogP contribution in [0, 0.1) is 32.9 Å². The second kappa shape index (κ2) is 11.8. The number of furan rings is 1. The van der Waals surface area contributed by atoms with E-state index in [0.717, 1.165) is 33.7 Å². The minimum atomic E-state index is -1.54. The Balaban J connectivity index is 0.000000213. The van der Waals surface area contributed by atoms with Crippen molar-refractivity contribution in [3.05, 3.63) is 114 Å². The van der Waals surface area contributed by atoms with Crippen LogP contribution in [-0.2, 0) is 20.1 Å². The second-order valence-corrected chi connectivity index (χ2v) is 15.8. The van der Waals surface area contributed by atoms with Gasteiger partial charge in [-0.2, -0.15) is 0 Å². The molecule has 0 amide bonds. The molecule has 0 spiro atoms. The topological polar surface area (TPSA) is 38.9 Å². The normalized spacial score (nSPS) is 11.1. The van der Waals surface area contributed by atoms with Crippen LogP contribution in [0.1, 0.15) is 16.7 Å². The fourth-order valence-electron chi connectivity index (χ4n) is 4.60. The molecular formula is C34H32IrN2OSi-2. The van der Waals surface area contributed by atoms with Gasteiger partial charge in [-0.1, -0.05) is 72.0 Å². The number of nitrogens with zero attached hydrogens (tertiary/aromatic N) is 2. The predicted molar refractivity (Wildman–Crippen MR) is 161 cm³/mol. The van der Waals surface area contributed by atoms with Crippen molar-refractivity contribution in [1.29, 1.82) is 0 Å². The van der Waals surface area contributed by atoms with Gasteiger partial charge in [0.15, 0.2) is 0 Å². The van der Waals surface area contributed by atoms with Crippen LogP contribution in [0.4, 0.5) is 0 Å². The summed E-state index contributed by atoms with van der Waals surface area (Å²) in [6, 6.07) is 31.1. The zero-order valence-electron chi connectivity index (χ0n) is 23.2. The van der Waals surface area contributed by atoms with Crippen LogP contribution < -0.4 is 5.19 Å². The predicted octanol–water partition coefficient (Wildman–Crippen LogP) is 8.46. The zero-order valence-corrected chi connectivity index (χ0v) is 26.6. The minimum Gasteiger partial charge on any atom is -0.501 e. The van der Waals surface area contributed by atoms with Gasteiger partial charge in [-0.3, -0.25) is 0 Å². The summed E-state index contributed by atoms with van der Waals surface area (Å²) in [5.74, 6) is 0. The van der Waals surface area contributed by atoms with Gasteiger partial charge in [-0.15, -0.1) is 53.2 Å². The Morgan fingerprint density at radius 3 is 2.28 bits per heavy atom. The maximum absolute atomic E-state index is 6.32. The maximum Gasteiger partial charge on any atom is 0.120 e. The first-order chi connectivity index (χ1) is 18.2. The number of hydrogen-bond acceptors (Lipinski definition) is 3. The molecule has 0 saturated heterocycles. The summed E-state index contributed by atoms with van der Waals surface area (Å²) in [5.41, 5.74) is 9.40. The molecule has 3 aromatic carbocycles. The van der Waals surface area contributed by atoms with Crippen molar-refractivity contribution in [1.82, 2.24) is 9.97 Å². The molecule has 0 saturated carbocycles. The van der Waals surface area contributed by atoms with Crippen LogP contribution in [0.3, 0.4) is 0 Å². The smallest absolute Gasteiger partial charge is 0.120 e. The molecule has 1 radical (unpaired) electrons. The van der Waals surface area contributed by atoms with Crippen molar-refractivity contribution in [2.45, 2.75) is 40.4 Å². The molecule has 0 aliphatic carbocycles. The monoisotopic (exact) mass is 705 g/mol. The third-order valence-corrected chi connectivity index (χ3v) is 8.88. The van der Waals surface area contributed by atoms with E-state index in [1.165, 1.54) is 32.6 Å². The van der Waals surface area contributed by atoms with E-state index in [1.54, 1.807) is 0 Å². The fourth-order valence-corrected chi connectivity index (χ4v) is 6.11. The summed E-state index contributed by atoms with van der Waals surface area (Å²) in [4.78, 5) is 8.96. The molecule has 39 heavy (non-hydrogen) atoms. The van der Waals surface area contributed by atoms with Crippen LogP contribution in [0.2, 0.25) is 19.6 Å². The van der Waals surface area contributed by atoms with Crippen LogP contribution in [-0.4, -0.2) is 18.0 Å². The summed E-state index contributed by atoms with van der Waals surface area (Å²) in [5, 5.41) is 3.82. The van der Waals surface area contributed by atoms with Gasteiger partial charge < -0.3 is 14.4 Å². The number of benzene rings is 3. The first-order valence-electron chi connectivity index (χ1n) is 12.9. The number of fused-ring (bicyclic) bond motifs is 3. The van der Waals surface area contributed by atoms with Crippen molar-refractivity contribution in [3.8, 4) is 22.5 Å². The number of pyridine rings is 2. The Kier molecular flexibility index (Phi) is 8.66. The summed E-state index contributed by atoms with van der Waals surface area (Å²) < 4.78 is 6.32. The zero-order chi connectivity index (χ0) is 26.9. The third kappa shape index (κ3) is 5.96. The van der Waals surface area contributed by atoms with E-state index in [2.05, 4.69) is 79.9 Å². The van der Waals surface area contributed by atoms with Crippen LogP contribution in [0.15, 0.2) is 89.6 Å². The second-order valence-electron chi connectivity index (χ2n) is 10.7. The fraction of sp³-hybridized carbons (Fsp3) is 0.176. The van der Waals surface area contributed by atoms with Gasteiger partial charge in [0.1, 0.15) is 5.58 Å². The summed E-state index contributed by atoms with van der Waals surface area (Å²) in [6.45, 7) is 13.4. The standard InChI is InChI=1S/C22H22NOSi.C12H10N.Ir/c1-14-12-13-23-21(15(14)2)17-10-11-19(25(3,4)5)20-16-8-6-7-9-18(16)24-22(17)20;1-10-7-8-12(13-9-10)11-5-3-2-4-6-11;/h6-9,11-13H,1-5H3;2-5,7-9H,1H3;/q2*-1;. The molecule has 0 aliphatic heterocycles. The molecule has 199 valence electrons. The van der Waals surface area contributed by atoms with E-state index in [4.69, 9.17) is 4.42 Å². The average Bonchev–Trinajstić information content (AvgIpc) is 3.30. The van der Waals surface area contributed by atoms with E-state index in [-0.39, 0.29) is 20.1 Å². The Labute approximate surface area is 245 Å². The van der Waals surface area contributed by atoms with Crippen LogP contribution >= 0.6 is 0 Å². The van der Waals surface area contributed by atoms with Gasteiger partial charge in [0, 0.05) is 46.0 Å². The van der Waals surface area contributed by atoms with E-state index >= 15 is 0 Å². The summed E-state index contributed by atoms with van der Waals surface area (Å²) in [7, 11) is -1.54. The number of rotatable bonds is 3. The Bertz CT molecular complexity index is 1720. The van der Waals surface area contributed by atoms with E-state index in [1.807, 2.05) is 67.8 Å². The van der Waals surface area contributed by atoms with E-state index in [0.29, 0.717) is 0 Å². The van der Waals surface area contributed by atoms with Crippen molar-refractivity contribution < 1.29 is 24.5 Å². The van der Waals surface area contributed by atoms with Crippen molar-refractivity contribution >= 4 is 35.2 Å². The molecular weight excluding hydrogens is 673 g/mol. The summed E-state index contributed by atoms with van der Waals surface area (Å²) >= 11 is 0. The largest absolute Gasteiger partial charge is 0.501 e. The molecule has 3 aromatic heterocycles. The maximum atomic E-state index is 6.32. The first kappa shape index (κ1) is 28.6. The number of aromatic nitrogens is 2. The Hall–Kier alpha value is -3.37. The number of para-hydroxylation sites is 1. The Morgan fingerprint density at radius 2 is 1.59 bits per heavy atom. The summed E-state index contributed by atoms with van der Waals surface area (Å²) in [6.07, 6.45) is 3.74. The van der Waals surface area contributed by atoms with Gasteiger partial charge in [-0.05, 0) is 49.9 Å². The first-order valence-corrected chi connectivity index (χ1v) is 16.4. The molecule has 3 heterocycles. The molecule has 0 atom stereocenters. The van der Waals surface area contributed by atoms with Gasteiger partial charge in [0.2, 0.25) is 0 Å². The molecule has 3 nitrogen and oxygen atoms in total. The van der Waals surface area contributed by atoms with Crippen molar-refractivity contribution in [2.75, 3.05) is 0 Å².